The molecule has 7 nitrogen and oxygen atoms in total. The van der Waals surface area contributed by atoms with Gasteiger partial charge in [0.25, 0.3) is 0 Å². The summed E-state index contributed by atoms with van der Waals surface area (Å²) in [4.78, 5) is 22.9. The Kier molecular flexibility index (Phi) is 5.34. The van der Waals surface area contributed by atoms with Gasteiger partial charge in [-0.15, -0.1) is 0 Å². The van der Waals surface area contributed by atoms with Crippen LogP contribution in [0.25, 0.3) is 33.2 Å². The van der Waals surface area contributed by atoms with Crippen LogP contribution < -0.4 is 10.1 Å². The number of ether oxygens (including phenoxy) is 1. The zero-order chi connectivity index (χ0) is 21.2. The molecular formula is C24H27N5O2. The van der Waals surface area contributed by atoms with Crippen molar-refractivity contribution in [1.29, 1.82) is 0 Å². The summed E-state index contributed by atoms with van der Waals surface area (Å²) in [5.74, 6) is 0.813. The van der Waals surface area contributed by atoms with E-state index in [4.69, 9.17) is 4.74 Å². The number of hydrogen-bond donors (Lipinski definition) is 2. The highest BCUT2D eigenvalue weighted by atomic mass is 16.5. The van der Waals surface area contributed by atoms with Gasteiger partial charge in [0.05, 0.1) is 7.11 Å². The Morgan fingerprint density at radius 1 is 1.23 bits per heavy atom. The first kappa shape index (κ1) is 19.6. The minimum atomic E-state index is 0.0248. The number of methoxy groups -OCH3 is 1. The number of benzene rings is 1. The monoisotopic (exact) mass is 417 g/mol. The van der Waals surface area contributed by atoms with E-state index in [0.717, 1.165) is 58.6 Å². The predicted octanol–water partition coefficient (Wildman–Crippen LogP) is 3.41. The molecule has 160 valence electrons. The number of nitrogens with one attached hydrogen (secondary N) is 2. The zero-order valence-electron chi connectivity index (χ0n) is 17.7. The van der Waals surface area contributed by atoms with Gasteiger partial charge in [-0.1, -0.05) is 0 Å². The average molecular weight is 418 g/mol. The molecule has 1 aliphatic heterocycles. The van der Waals surface area contributed by atoms with Gasteiger partial charge in [0, 0.05) is 53.0 Å². The van der Waals surface area contributed by atoms with Gasteiger partial charge in [-0.05, 0) is 62.3 Å². The Morgan fingerprint density at radius 3 is 2.90 bits per heavy atom. The van der Waals surface area contributed by atoms with Gasteiger partial charge in [0.15, 0.2) is 0 Å². The normalized spacial score (nSPS) is 14.5. The lowest BCUT2D eigenvalue weighted by Crippen LogP contribution is -2.35. The van der Waals surface area contributed by atoms with Crippen LogP contribution in [0.15, 0.2) is 48.8 Å². The van der Waals surface area contributed by atoms with Crippen LogP contribution in [-0.2, 0) is 11.3 Å². The standard InChI is InChI=1S/C24H27N5O2/c1-31-18-6-7-22-19(14-18)20(21-13-17-5-4-8-26-24(17)27-21)15-29(22)16-23(30)25-9-12-28-10-2-3-11-28/h4-8,13-15H,2-3,9-12,16H2,1H3,(H,25,30)(H,26,27). The fraction of sp³-hybridized carbons (Fsp3) is 0.333. The van der Waals surface area contributed by atoms with Gasteiger partial charge in [-0.3, -0.25) is 4.79 Å². The minimum absolute atomic E-state index is 0.0248. The lowest BCUT2D eigenvalue weighted by molar-refractivity contribution is -0.121. The molecule has 31 heavy (non-hydrogen) atoms. The van der Waals surface area contributed by atoms with E-state index >= 15 is 0 Å². The van der Waals surface area contributed by atoms with E-state index in [1.165, 1.54) is 12.8 Å². The molecule has 0 radical (unpaired) electrons. The summed E-state index contributed by atoms with van der Waals surface area (Å²) in [5.41, 5.74) is 3.84. The van der Waals surface area contributed by atoms with Crippen molar-refractivity contribution >= 4 is 27.8 Å². The fourth-order valence-corrected chi connectivity index (χ4v) is 4.42. The van der Waals surface area contributed by atoms with Gasteiger partial charge in [0.2, 0.25) is 5.91 Å². The molecule has 1 saturated heterocycles. The molecule has 0 saturated carbocycles. The van der Waals surface area contributed by atoms with Crippen LogP contribution in [0.2, 0.25) is 0 Å². The summed E-state index contributed by atoms with van der Waals surface area (Å²) in [6.07, 6.45) is 6.34. The summed E-state index contributed by atoms with van der Waals surface area (Å²) in [6.45, 7) is 4.17. The summed E-state index contributed by atoms with van der Waals surface area (Å²) in [6, 6.07) is 12.0. The Hall–Kier alpha value is -3.32. The molecule has 2 N–H and O–H groups in total. The molecule has 1 aliphatic rings. The minimum Gasteiger partial charge on any atom is -0.497 e. The summed E-state index contributed by atoms with van der Waals surface area (Å²) < 4.78 is 7.46. The third-order valence-corrected chi connectivity index (χ3v) is 6.03. The Labute approximate surface area is 181 Å². The summed E-state index contributed by atoms with van der Waals surface area (Å²) in [5, 5.41) is 5.17. The summed E-state index contributed by atoms with van der Waals surface area (Å²) in [7, 11) is 1.67. The number of fused-ring (bicyclic) bond motifs is 2. The van der Waals surface area contributed by atoms with Crippen molar-refractivity contribution in [2.45, 2.75) is 19.4 Å². The number of H-pyrrole nitrogens is 1. The number of amides is 1. The Morgan fingerprint density at radius 2 is 2.10 bits per heavy atom. The van der Waals surface area contributed by atoms with Gasteiger partial charge >= 0.3 is 0 Å². The molecule has 0 bridgehead atoms. The molecule has 4 heterocycles. The Balaban J connectivity index is 1.42. The molecule has 1 fully saturated rings. The highest BCUT2D eigenvalue weighted by Crippen LogP contribution is 2.34. The first-order chi connectivity index (χ1) is 15.2. The topological polar surface area (TPSA) is 75.2 Å². The second-order valence-electron chi connectivity index (χ2n) is 8.08. The van der Waals surface area contributed by atoms with Crippen molar-refractivity contribution in [2.24, 2.45) is 0 Å². The number of aromatic amines is 1. The van der Waals surface area contributed by atoms with Crippen molar-refractivity contribution in [3.63, 3.8) is 0 Å². The maximum atomic E-state index is 12.6. The van der Waals surface area contributed by atoms with E-state index in [2.05, 4.69) is 26.3 Å². The number of likely N-dealkylation sites (tertiary alicyclic amines) is 1. The average Bonchev–Trinajstić information content (AvgIpc) is 3.52. The Bertz CT molecular complexity index is 1190. The van der Waals surface area contributed by atoms with Gasteiger partial charge in [-0.2, -0.15) is 0 Å². The highest BCUT2D eigenvalue weighted by Gasteiger charge is 2.16. The molecule has 3 aromatic heterocycles. The van der Waals surface area contributed by atoms with E-state index in [1.807, 2.05) is 41.1 Å². The van der Waals surface area contributed by atoms with E-state index < -0.39 is 0 Å². The molecule has 7 heteroatoms. The quantitative estimate of drug-likeness (QED) is 0.483. The van der Waals surface area contributed by atoms with Crippen LogP contribution >= 0.6 is 0 Å². The summed E-state index contributed by atoms with van der Waals surface area (Å²) >= 11 is 0. The van der Waals surface area contributed by atoms with Crippen LogP contribution in [0.5, 0.6) is 5.75 Å². The number of aromatic nitrogens is 3. The van der Waals surface area contributed by atoms with Gasteiger partial charge in [-0.25, -0.2) is 4.98 Å². The van der Waals surface area contributed by atoms with E-state index in [-0.39, 0.29) is 12.5 Å². The number of carbonyl (C=O) groups is 1. The third kappa shape index (κ3) is 4.01. The molecular weight excluding hydrogens is 390 g/mol. The molecule has 0 spiro atoms. The molecule has 1 aromatic carbocycles. The van der Waals surface area contributed by atoms with Crippen LogP contribution in [0.3, 0.4) is 0 Å². The number of nitrogens with zero attached hydrogens (tertiary/aromatic N) is 3. The second-order valence-corrected chi connectivity index (χ2v) is 8.08. The fourth-order valence-electron chi connectivity index (χ4n) is 4.42. The van der Waals surface area contributed by atoms with Crippen LogP contribution in [0.1, 0.15) is 12.8 Å². The van der Waals surface area contributed by atoms with Crippen LogP contribution in [0, 0.1) is 0 Å². The van der Waals surface area contributed by atoms with Crippen molar-refractivity contribution in [3.8, 4) is 17.0 Å². The maximum absolute atomic E-state index is 12.6. The smallest absolute Gasteiger partial charge is 0.239 e. The predicted molar refractivity (Wildman–Crippen MR) is 122 cm³/mol. The van der Waals surface area contributed by atoms with Gasteiger partial charge < -0.3 is 24.5 Å². The number of rotatable bonds is 7. The van der Waals surface area contributed by atoms with E-state index in [1.54, 1.807) is 13.3 Å². The molecule has 0 atom stereocenters. The van der Waals surface area contributed by atoms with Crippen molar-refractivity contribution in [3.05, 3.63) is 48.8 Å². The maximum Gasteiger partial charge on any atom is 0.239 e. The van der Waals surface area contributed by atoms with Gasteiger partial charge in [0.1, 0.15) is 17.9 Å². The van der Waals surface area contributed by atoms with Crippen molar-refractivity contribution in [1.82, 2.24) is 24.8 Å². The SMILES string of the molecule is COc1ccc2c(c1)c(-c1cc3cccnc3[nH]1)cn2CC(=O)NCCN1CCCC1. The van der Waals surface area contributed by atoms with Crippen molar-refractivity contribution < 1.29 is 9.53 Å². The molecule has 1 amide bonds. The second kappa shape index (κ2) is 8.43. The molecule has 0 unspecified atom stereocenters. The number of pyridine rings is 1. The van der Waals surface area contributed by atoms with Crippen molar-refractivity contribution in [2.75, 3.05) is 33.3 Å². The molecule has 4 aromatic rings. The lowest BCUT2D eigenvalue weighted by atomic mass is 10.1. The van der Waals surface area contributed by atoms with E-state index in [0.29, 0.717) is 6.54 Å². The zero-order valence-corrected chi connectivity index (χ0v) is 17.7. The highest BCUT2D eigenvalue weighted by molar-refractivity contribution is 5.99. The third-order valence-electron chi connectivity index (χ3n) is 6.03. The van der Waals surface area contributed by atoms with Crippen LogP contribution in [0.4, 0.5) is 0 Å². The number of carbonyl (C=O) groups excluding carboxylic acids is 1. The molecule has 0 aliphatic carbocycles. The molecule has 5 rings (SSSR count). The number of hydrogen-bond acceptors (Lipinski definition) is 4. The van der Waals surface area contributed by atoms with Crippen LogP contribution in [-0.4, -0.2) is 58.6 Å². The first-order valence-corrected chi connectivity index (χ1v) is 10.8. The van der Waals surface area contributed by atoms with E-state index in [9.17, 15) is 4.79 Å². The largest absolute Gasteiger partial charge is 0.497 e. The lowest BCUT2D eigenvalue weighted by Gasteiger charge is -2.15. The first-order valence-electron chi connectivity index (χ1n) is 10.8.